The zero-order valence-corrected chi connectivity index (χ0v) is 16.4. The summed E-state index contributed by atoms with van der Waals surface area (Å²) in [6.07, 6.45) is -4.44. The van der Waals surface area contributed by atoms with Crippen LogP contribution in [0.2, 0.25) is 0 Å². The van der Waals surface area contributed by atoms with Crippen molar-refractivity contribution in [3.8, 4) is 11.6 Å². The molecule has 2 aromatic rings. The van der Waals surface area contributed by atoms with E-state index in [1.54, 1.807) is 13.0 Å². The smallest absolute Gasteiger partial charge is 0.433 e. The predicted octanol–water partition coefficient (Wildman–Crippen LogP) is 3.46. The Morgan fingerprint density at radius 1 is 1.00 bits per heavy atom. The van der Waals surface area contributed by atoms with E-state index in [1.807, 2.05) is 17.0 Å². The van der Waals surface area contributed by atoms with Crippen molar-refractivity contribution in [2.24, 2.45) is 0 Å². The van der Waals surface area contributed by atoms with E-state index < -0.39 is 11.9 Å². The zero-order chi connectivity index (χ0) is 20.6. The Hall–Kier alpha value is -2.55. The molecule has 0 aliphatic carbocycles. The lowest BCUT2D eigenvalue weighted by atomic mass is 10.1. The number of nitrogens with zero attached hydrogens (tertiary/aromatic N) is 4. The highest BCUT2D eigenvalue weighted by Gasteiger charge is 2.34. The molecular weight excluding hydrogens is 385 g/mol. The maximum absolute atomic E-state index is 13.1. The summed E-state index contributed by atoms with van der Waals surface area (Å²) in [5, 5.41) is 0. The Balaban J connectivity index is 1.44. The number of halogens is 3. The molecule has 1 atom stereocenters. The van der Waals surface area contributed by atoms with E-state index >= 15 is 0 Å². The standard InChI is InChI=1S/C20H23F3N4O2/c1-13-11-15(12-18(24-13)20(21,22)23)27-7-5-26(6-8-27)14(2)16-3-4-17-19(25-16)29-10-9-28-17/h3-4,11-12,14H,5-10H2,1-2H3. The molecule has 0 saturated carbocycles. The number of fused-ring (bicyclic) bond motifs is 1. The third kappa shape index (κ3) is 4.24. The van der Waals surface area contributed by atoms with E-state index in [-0.39, 0.29) is 6.04 Å². The molecule has 6 nitrogen and oxygen atoms in total. The Morgan fingerprint density at radius 3 is 2.45 bits per heavy atom. The molecule has 2 aromatic heterocycles. The fourth-order valence-electron chi connectivity index (χ4n) is 3.71. The van der Waals surface area contributed by atoms with E-state index in [4.69, 9.17) is 9.47 Å². The van der Waals surface area contributed by atoms with Gasteiger partial charge >= 0.3 is 6.18 Å². The number of aryl methyl sites for hydroxylation is 1. The van der Waals surface area contributed by atoms with Gasteiger partial charge < -0.3 is 14.4 Å². The van der Waals surface area contributed by atoms with Gasteiger partial charge in [-0.05, 0) is 38.1 Å². The molecule has 1 unspecified atom stereocenters. The van der Waals surface area contributed by atoms with Gasteiger partial charge in [0.25, 0.3) is 5.88 Å². The highest BCUT2D eigenvalue weighted by atomic mass is 19.4. The predicted molar refractivity (Wildman–Crippen MR) is 101 cm³/mol. The molecule has 2 aliphatic heterocycles. The maximum Gasteiger partial charge on any atom is 0.433 e. The molecule has 1 fully saturated rings. The highest BCUT2D eigenvalue weighted by molar-refractivity contribution is 5.49. The van der Waals surface area contributed by atoms with Crippen molar-refractivity contribution in [3.05, 3.63) is 41.3 Å². The first-order valence-corrected chi connectivity index (χ1v) is 9.63. The minimum absolute atomic E-state index is 0.0675. The lowest BCUT2D eigenvalue weighted by molar-refractivity contribution is -0.141. The fraction of sp³-hybridized carbons (Fsp3) is 0.500. The Labute approximate surface area is 167 Å². The number of hydrogen-bond donors (Lipinski definition) is 0. The van der Waals surface area contributed by atoms with Crippen LogP contribution in [-0.4, -0.2) is 54.3 Å². The van der Waals surface area contributed by atoms with Gasteiger partial charge in [-0.15, -0.1) is 0 Å². The number of alkyl halides is 3. The number of aromatic nitrogens is 2. The molecule has 0 radical (unpaired) electrons. The van der Waals surface area contributed by atoms with E-state index in [9.17, 15) is 13.2 Å². The first-order valence-electron chi connectivity index (χ1n) is 9.63. The van der Waals surface area contributed by atoms with Crippen molar-refractivity contribution in [3.63, 3.8) is 0 Å². The van der Waals surface area contributed by atoms with Crippen LogP contribution in [0.4, 0.5) is 18.9 Å². The van der Waals surface area contributed by atoms with Gasteiger partial charge in [0.15, 0.2) is 5.75 Å². The van der Waals surface area contributed by atoms with Gasteiger partial charge in [-0.25, -0.2) is 9.97 Å². The number of hydrogen-bond acceptors (Lipinski definition) is 6. The number of anilines is 1. The summed E-state index contributed by atoms with van der Waals surface area (Å²) in [6.45, 7) is 7.39. The minimum atomic E-state index is -4.44. The van der Waals surface area contributed by atoms with Crippen LogP contribution >= 0.6 is 0 Å². The number of pyridine rings is 2. The minimum Gasteiger partial charge on any atom is -0.484 e. The van der Waals surface area contributed by atoms with Crippen molar-refractivity contribution in [2.45, 2.75) is 26.1 Å². The molecule has 0 aromatic carbocycles. The van der Waals surface area contributed by atoms with Gasteiger partial charge in [0.05, 0.1) is 5.69 Å². The quantitative estimate of drug-likeness (QED) is 0.776. The molecular formula is C20H23F3N4O2. The second kappa shape index (κ2) is 7.70. The van der Waals surface area contributed by atoms with Gasteiger partial charge in [-0.3, -0.25) is 4.90 Å². The molecule has 0 N–H and O–H groups in total. The first kappa shape index (κ1) is 19.8. The Bertz CT molecular complexity index is 883. The van der Waals surface area contributed by atoms with Crippen LogP contribution < -0.4 is 14.4 Å². The van der Waals surface area contributed by atoms with Crippen LogP contribution in [0.15, 0.2) is 24.3 Å². The third-order valence-electron chi connectivity index (χ3n) is 5.31. The molecule has 1 saturated heterocycles. The highest BCUT2D eigenvalue weighted by Crippen LogP contribution is 2.33. The SMILES string of the molecule is Cc1cc(N2CCN(C(C)c3ccc4c(n3)OCCO4)CC2)cc(C(F)(F)F)n1. The topological polar surface area (TPSA) is 50.7 Å². The average molecular weight is 408 g/mol. The number of rotatable bonds is 3. The van der Waals surface area contributed by atoms with Crippen molar-refractivity contribution < 1.29 is 22.6 Å². The van der Waals surface area contributed by atoms with E-state index in [0.29, 0.717) is 49.3 Å². The van der Waals surface area contributed by atoms with E-state index in [1.165, 1.54) is 0 Å². The first-order chi connectivity index (χ1) is 13.8. The summed E-state index contributed by atoms with van der Waals surface area (Å²) < 4.78 is 50.3. The van der Waals surface area contributed by atoms with Crippen LogP contribution in [0.1, 0.15) is 30.0 Å². The molecule has 2 aliphatic rings. The monoisotopic (exact) mass is 408 g/mol. The Kier molecular flexibility index (Phi) is 5.24. The molecule has 156 valence electrons. The summed E-state index contributed by atoms with van der Waals surface area (Å²) >= 11 is 0. The lowest BCUT2D eigenvalue weighted by Crippen LogP contribution is -2.47. The average Bonchev–Trinajstić information content (AvgIpc) is 2.72. The van der Waals surface area contributed by atoms with Gasteiger partial charge in [-0.2, -0.15) is 13.2 Å². The molecule has 0 bridgehead atoms. The van der Waals surface area contributed by atoms with Crippen LogP contribution in [0.3, 0.4) is 0 Å². The summed E-state index contributed by atoms with van der Waals surface area (Å²) in [6, 6.07) is 6.72. The van der Waals surface area contributed by atoms with Crippen LogP contribution in [-0.2, 0) is 6.18 Å². The van der Waals surface area contributed by atoms with Crippen LogP contribution in [0.5, 0.6) is 11.6 Å². The van der Waals surface area contributed by atoms with Crippen LogP contribution in [0, 0.1) is 6.92 Å². The van der Waals surface area contributed by atoms with Crippen molar-refractivity contribution in [1.82, 2.24) is 14.9 Å². The Morgan fingerprint density at radius 2 is 1.72 bits per heavy atom. The van der Waals surface area contributed by atoms with Gasteiger partial charge in [0.1, 0.15) is 18.9 Å². The second-order valence-corrected chi connectivity index (χ2v) is 7.29. The van der Waals surface area contributed by atoms with Crippen molar-refractivity contribution >= 4 is 5.69 Å². The molecule has 0 amide bonds. The normalized spacial score (nSPS) is 18.6. The molecule has 0 spiro atoms. The zero-order valence-electron chi connectivity index (χ0n) is 16.4. The van der Waals surface area contributed by atoms with E-state index in [2.05, 4.69) is 21.8 Å². The lowest BCUT2D eigenvalue weighted by Gasteiger charge is -2.39. The number of piperazine rings is 1. The molecule has 4 rings (SSSR count). The van der Waals surface area contributed by atoms with Crippen LogP contribution in [0.25, 0.3) is 0 Å². The third-order valence-corrected chi connectivity index (χ3v) is 5.31. The maximum atomic E-state index is 13.1. The molecule has 4 heterocycles. The summed E-state index contributed by atoms with van der Waals surface area (Å²) in [5.74, 6) is 1.18. The van der Waals surface area contributed by atoms with E-state index in [0.717, 1.165) is 24.8 Å². The summed E-state index contributed by atoms with van der Waals surface area (Å²) in [7, 11) is 0. The van der Waals surface area contributed by atoms with Gasteiger partial charge in [0.2, 0.25) is 0 Å². The van der Waals surface area contributed by atoms with Gasteiger partial charge in [0, 0.05) is 43.6 Å². The molecule has 9 heteroatoms. The van der Waals surface area contributed by atoms with Crippen molar-refractivity contribution in [2.75, 3.05) is 44.3 Å². The van der Waals surface area contributed by atoms with Crippen molar-refractivity contribution in [1.29, 1.82) is 0 Å². The summed E-state index contributed by atoms with van der Waals surface area (Å²) in [4.78, 5) is 12.5. The largest absolute Gasteiger partial charge is 0.484 e. The fourth-order valence-corrected chi connectivity index (χ4v) is 3.71. The summed E-state index contributed by atoms with van der Waals surface area (Å²) in [5.41, 5.74) is 0.978. The number of ether oxygens (including phenoxy) is 2. The van der Waals surface area contributed by atoms with Gasteiger partial charge in [-0.1, -0.05) is 0 Å². The molecule has 29 heavy (non-hydrogen) atoms. The second-order valence-electron chi connectivity index (χ2n) is 7.29.